The molecule has 37 heavy (non-hydrogen) atoms. The number of likely N-dealkylation sites (tertiary alicyclic amines) is 1. The summed E-state index contributed by atoms with van der Waals surface area (Å²) in [5.41, 5.74) is 6.74. The van der Waals surface area contributed by atoms with E-state index in [1.165, 1.54) is 67.0 Å². The summed E-state index contributed by atoms with van der Waals surface area (Å²) in [5, 5.41) is 6.20. The molecule has 1 aliphatic heterocycles. The number of aromatic nitrogens is 2. The van der Waals surface area contributed by atoms with E-state index in [0.29, 0.717) is 12.0 Å². The van der Waals surface area contributed by atoms with Crippen LogP contribution in [0.2, 0.25) is 0 Å². The molecule has 3 aromatic rings. The van der Waals surface area contributed by atoms with Crippen molar-refractivity contribution in [1.82, 2.24) is 14.7 Å². The van der Waals surface area contributed by atoms with Gasteiger partial charge in [-0.25, -0.2) is 0 Å². The molecule has 0 amide bonds. The summed E-state index contributed by atoms with van der Waals surface area (Å²) in [6.45, 7) is 5.48. The quantitative estimate of drug-likeness (QED) is 0.340. The van der Waals surface area contributed by atoms with Gasteiger partial charge in [0.1, 0.15) is 0 Å². The van der Waals surface area contributed by atoms with Crippen LogP contribution in [0, 0.1) is 5.92 Å². The van der Waals surface area contributed by atoms with Crippen molar-refractivity contribution < 1.29 is 4.79 Å². The number of benzene rings is 2. The molecule has 2 heterocycles. The number of allylic oxidation sites excluding steroid dienone is 4. The number of Topliss-reactive ketones (excluding diaryl/α,β-unsaturated/α-hetero) is 1. The minimum absolute atomic E-state index is 0.201. The first kappa shape index (κ1) is 24.4. The van der Waals surface area contributed by atoms with Gasteiger partial charge in [-0.05, 0) is 74.4 Å². The second-order valence-corrected chi connectivity index (χ2v) is 11.2. The lowest BCUT2D eigenvalue weighted by Gasteiger charge is -2.30. The molecule has 3 aliphatic rings. The number of carbonyl (C=O) groups is 1. The Kier molecular flexibility index (Phi) is 7.10. The van der Waals surface area contributed by atoms with Crippen LogP contribution in [-0.2, 0) is 19.4 Å². The lowest BCUT2D eigenvalue weighted by atomic mass is 9.95. The maximum Gasteiger partial charge on any atom is 0.189 e. The van der Waals surface area contributed by atoms with Crippen LogP contribution < -0.4 is 0 Å². The van der Waals surface area contributed by atoms with E-state index >= 15 is 0 Å². The lowest BCUT2D eigenvalue weighted by Crippen LogP contribution is -2.32. The fourth-order valence-corrected chi connectivity index (χ4v) is 6.58. The highest BCUT2D eigenvalue weighted by atomic mass is 16.1. The topological polar surface area (TPSA) is 38.1 Å². The second kappa shape index (κ2) is 10.8. The van der Waals surface area contributed by atoms with Gasteiger partial charge < -0.3 is 0 Å². The molecule has 1 aromatic heterocycles. The van der Waals surface area contributed by atoms with Crippen molar-refractivity contribution in [2.45, 2.75) is 77.3 Å². The first-order chi connectivity index (χ1) is 18.2. The highest BCUT2D eigenvalue weighted by Crippen LogP contribution is 2.36. The zero-order chi connectivity index (χ0) is 25.2. The van der Waals surface area contributed by atoms with Crippen LogP contribution in [0.3, 0.4) is 0 Å². The average molecular weight is 494 g/mol. The molecule has 0 N–H and O–H groups in total. The summed E-state index contributed by atoms with van der Waals surface area (Å²) in [6.07, 6.45) is 16.9. The summed E-state index contributed by atoms with van der Waals surface area (Å²) in [5.74, 6) is 0.797. The van der Waals surface area contributed by atoms with Gasteiger partial charge in [0.2, 0.25) is 0 Å². The predicted molar refractivity (Wildman–Crippen MR) is 151 cm³/mol. The smallest absolute Gasteiger partial charge is 0.189 e. The molecule has 0 atom stereocenters. The Bertz CT molecular complexity index is 1320. The number of nitrogens with zero attached hydrogens (tertiary/aromatic N) is 3. The summed E-state index contributed by atoms with van der Waals surface area (Å²) in [6, 6.07) is 15.7. The van der Waals surface area contributed by atoms with Gasteiger partial charge in [0, 0.05) is 29.5 Å². The van der Waals surface area contributed by atoms with Crippen LogP contribution >= 0.6 is 0 Å². The van der Waals surface area contributed by atoms with Gasteiger partial charge in [-0.2, -0.15) is 5.10 Å². The molecular weight excluding hydrogens is 454 g/mol. The molecule has 0 unspecified atom stereocenters. The fourth-order valence-electron chi connectivity index (χ4n) is 6.58. The molecular formula is C33H39N3O. The van der Waals surface area contributed by atoms with Crippen molar-refractivity contribution in [2.24, 2.45) is 5.92 Å². The van der Waals surface area contributed by atoms with Crippen molar-refractivity contribution >= 4 is 16.7 Å². The molecule has 1 saturated carbocycles. The summed E-state index contributed by atoms with van der Waals surface area (Å²) < 4.78 is 2.30. The van der Waals surface area contributed by atoms with Gasteiger partial charge in [0.25, 0.3) is 0 Å². The SMILES string of the molecule is CCc1nn(C2CCCCC2)c2cc3c(cc12)C(=O)/C(=C\C=CC1CCN(Cc2ccccc2)CC1)C3. The molecule has 4 nitrogen and oxygen atoms in total. The Morgan fingerprint density at radius 2 is 1.78 bits per heavy atom. The van der Waals surface area contributed by atoms with Gasteiger partial charge >= 0.3 is 0 Å². The van der Waals surface area contributed by atoms with Crippen molar-refractivity contribution in [1.29, 1.82) is 0 Å². The summed E-state index contributed by atoms with van der Waals surface area (Å²) >= 11 is 0. The Labute approximate surface area is 221 Å². The molecule has 4 heteroatoms. The number of hydrogen-bond acceptors (Lipinski definition) is 3. The van der Waals surface area contributed by atoms with Crippen LogP contribution in [0.1, 0.15) is 85.1 Å². The number of aryl methyl sites for hydroxylation is 1. The average Bonchev–Trinajstić information content (AvgIpc) is 3.46. The first-order valence-electron chi connectivity index (χ1n) is 14.4. The van der Waals surface area contributed by atoms with E-state index in [1.54, 1.807) is 0 Å². The molecule has 192 valence electrons. The van der Waals surface area contributed by atoms with Gasteiger partial charge in [-0.15, -0.1) is 0 Å². The van der Waals surface area contributed by atoms with Gasteiger partial charge in [0.15, 0.2) is 5.78 Å². The van der Waals surface area contributed by atoms with Crippen molar-refractivity contribution in [3.63, 3.8) is 0 Å². The second-order valence-electron chi connectivity index (χ2n) is 11.2. The Hall–Kier alpha value is -2.98. The van der Waals surface area contributed by atoms with E-state index < -0.39 is 0 Å². The first-order valence-corrected chi connectivity index (χ1v) is 14.4. The molecule has 1 saturated heterocycles. The van der Waals surface area contributed by atoms with E-state index in [2.05, 4.69) is 77.2 Å². The standard InChI is InChI=1S/C33H39N3O/c1-2-31-30-22-29-27(21-32(30)36(34-31)28-14-7-4-8-15-28)20-26(33(29)37)13-9-12-24-16-18-35(19-17-24)23-25-10-5-3-6-11-25/h3,5-6,9-13,21-22,24,28H,2,4,7-8,14-20,23H2,1H3/b12-9?,26-13-. The van der Waals surface area contributed by atoms with E-state index in [9.17, 15) is 4.79 Å². The number of piperidine rings is 1. The highest BCUT2D eigenvalue weighted by Gasteiger charge is 2.28. The fraction of sp³-hybridized carbons (Fsp3) is 0.455. The van der Waals surface area contributed by atoms with E-state index in [1.807, 2.05) is 0 Å². The van der Waals surface area contributed by atoms with Gasteiger partial charge in [-0.1, -0.05) is 74.7 Å². The molecule has 0 radical (unpaired) electrons. The normalized spacial score (nSPS) is 21.0. The zero-order valence-electron chi connectivity index (χ0n) is 22.2. The minimum atomic E-state index is 0.201. The van der Waals surface area contributed by atoms with Crippen molar-refractivity contribution in [3.05, 3.63) is 88.7 Å². The van der Waals surface area contributed by atoms with Crippen LogP contribution in [0.15, 0.2) is 66.3 Å². The summed E-state index contributed by atoms with van der Waals surface area (Å²) in [4.78, 5) is 15.9. The lowest BCUT2D eigenvalue weighted by molar-refractivity contribution is 0.103. The largest absolute Gasteiger partial charge is 0.299 e. The number of rotatable bonds is 6. The number of ketones is 1. The Morgan fingerprint density at radius 1 is 1.00 bits per heavy atom. The van der Waals surface area contributed by atoms with Crippen LogP contribution in [0.25, 0.3) is 10.9 Å². The van der Waals surface area contributed by atoms with Crippen LogP contribution in [-0.4, -0.2) is 33.6 Å². The number of hydrogen-bond donors (Lipinski definition) is 0. The Morgan fingerprint density at radius 3 is 2.54 bits per heavy atom. The molecule has 6 rings (SSSR count). The molecule has 2 aliphatic carbocycles. The maximum atomic E-state index is 13.3. The third-order valence-corrected chi connectivity index (χ3v) is 8.74. The molecule has 2 aromatic carbocycles. The van der Waals surface area contributed by atoms with E-state index in [4.69, 9.17) is 5.10 Å². The summed E-state index contributed by atoms with van der Waals surface area (Å²) in [7, 11) is 0. The number of carbonyl (C=O) groups excluding carboxylic acids is 1. The molecule has 0 bridgehead atoms. The molecule has 0 spiro atoms. The zero-order valence-corrected chi connectivity index (χ0v) is 22.2. The van der Waals surface area contributed by atoms with Crippen LogP contribution in [0.4, 0.5) is 0 Å². The third-order valence-electron chi connectivity index (χ3n) is 8.74. The van der Waals surface area contributed by atoms with Crippen molar-refractivity contribution in [2.75, 3.05) is 13.1 Å². The monoisotopic (exact) mass is 493 g/mol. The van der Waals surface area contributed by atoms with E-state index in [-0.39, 0.29) is 5.78 Å². The van der Waals surface area contributed by atoms with Gasteiger partial charge in [0.05, 0.1) is 17.3 Å². The Balaban J connectivity index is 1.13. The third kappa shape index (κ3) is 5.09. The van der Waals surface area contributed by atoms with Crippen molar-refractivity contribution in [3.8, 4) is 0 Å². The highest BCUT2D eigenvalue weighted by molar-refractivity contribution is 6.15. The molecule has 2 fully saturated rings. The van der Waals surface area contributed by atoms with Crippen LogP contribution in [0.5, 0.6) is 0 Å². The predicted octanol–water partition coefficient (Wildman–Crippen LogP) is 7.24. The number of fused-ring (bicyclic) bond motifs is 2. The minimum Gasteiger partial charge on any atom is -0.299 e. The van der Waals surface area contributed by atoms with E-state index in [0.717, 1.165) is 49.3 Å². The van der Waals surface area contributed by atoms with Gasteiger partial charge in [-0.3, -0.25) is 14.4 Å². The maximum absolute atomic E-state index is 13.3.